The maximum Gasteiger partial charge on any atom is 0.164 e. The number of piperidine rings is 1. The highest BCUT2D eigenvalue weighted by molar-refractivity contribution is 5.73. The molecule has 118 valence electrons. The molecule has 1 aliphatic heterocycles. The van der Waals surface area contributed by atoms with Crippen LogP contribution < -0.4 is 0 Å². The van der Waals surface area contributed by atoms with E-state index < -0.39 is 0 Å². The first-order valence-corrected chi connectivity index (χ1v) is 8.22. The van der Waals surface area contributed by atoms with Gasteiger partial charge in [0.15, 0.2) is 5.65 Å². The van der Waals surface area contributed by atoms with E-state index in [9.17, 15) is 0 Å². The fourth-order valence-corrected chi connectivity index (χ4v) is 3.39. The van der Waals surface area contributed by atoms with Gasteiger partial charge in [-0.25, -0.2) is 9.97 Å². The molecule has 0 aliphatic carbocycles. The Labute approximate surface area is 136 Å². The second-order valence-corrected chi connectivity index (χ2v) is 6.37. The van der Waals surface area contributed by atoms with E-state index in [4.69, 9.17) is 4.98 Å². The zero-order valence-electron chi connectivity index (χ0n) is 13.4. The average molecular weight is 307 g/mol. The molecule has 0 N–H and O–H groups in total. The van der Waals surface area contributed by atoms with Crippen molar-refractivity contribution in [3.63, 3.8) is 0 Å². The molecule has 1 fully saturated rings. The Balaban J connectivity index is 1.74. The topological polar surface area (TPSA) is 46.8 Å². The molecule has 0 bridgehead atoms. The summed E-state index contributed by atoms with van der Waals surface area (Å²) in [5.74, 6) is 1.81. The number of nitrogens with zero attached hydrogens (tertiary/aromatic N) is 5. The quantitative estimate of drug-likeness (QED) is 0.746. The van der Waals surface area contributed by atoms with Gasteiger partial charge >= 0.3 is 0 Å². The van der Waals surface area contributed by atoms with Crippen LogP contribution in [0.1, 0.15) is 18.7 Å². The first-order chi connectivity index (χ1) is 11.3. The summed E-state index contributed by atoms with van der Waals surface area (Å²) in [5.41, 5.74) is 2.98. The standard InChI is InChI=1S/C18H21N5/c1-22-11-6-14(7-12-22)13-17-21-16-3-2-8-20-18(16)23(17)15-4-9-19-10-5-15/h2-5,8-10,14H,6-7,11-13H2,1H3. The molecule has 3 aromatic heterocycles. The number of imidazole rings is 1. The van der Waals surface area contributed by atoms with Gasteiger partial charge in [0, 0.05) is 25.0 Å². The third kappa shape index (κ3) is 2.84. The van der Waals surface area contributed by atoms with E-state index >= 15 is 0 Å². The van der Waals surface area contributed by atoms with Crippen molar-refractivity contribution in [3.05, 3.63) is 48.7 Å². The van der Waals surface area contributed by atoms with Gasteiger partial charge < -0.3 is 4.90 Å². The third-order valence-electron chi connectivity index (χ3n) is 4.72. The second kappa shape index (κ2) is 6.08. The van der Waals surface area contributed by atoms with Crippen LogP contribution in [-0.4, -0.2) is 44.6 Å². The minimum absolute atomic E-state index is 0.698. The summed E-state index contributed by atoms with van der Waals surface area (Å²) >= 11 is 0. The third-order valence-corrected chi connectivity index (χ3v) is 4.72. The molecule has 23 heavy (non-hydrogen) atoms. The summed E-state index contributed by atoms with van der Waals surface area (Å²) in [6.45, 7) is 2.36. The van der Waals surface area contributed by atoms with Crippen LogP contribution in [0.15, 0.2) is 42.9 Å². The molecule has 5 nitrogen and oxygen atoms in total. The molecular formula is C18H21N5. The summed E-state index contributed by atoms with van der Waals surface area (Å²) in [4.78, 5) is 16.0. The van der Waals surface area contributed by atoms with Crippen LogP contribution in [-0.2, 0) is 6.42 Å². The predicted octanol–water partition coefficient (Wildman–Crippen LogP) is 2.70. The normalized spacial score (nSPS) is 16.9. The number of likely N-dealkylation sites (tertiary alicyclic amines) is 1. The van der Waals surface area contributed by atoms with Crippen molar-refractivity contribution in [2.75, 3.05) is 20.1 Å². The second-order valence-electron chi connectivity index (χ2n) is 6.37. The Morgan fingerprint density at radius 3 is 2.65 bits per heavy atom. The fourth-order valence-electron chi connectivity index (χ4n) is 3.39. The Bertz CT molecular complexity index is 788. The van der Waals surface area contributed by atoms with Crippen molar-refractivity contribution >= 4 is 11.2 Å². The van der Waals surface area contributed by atoms with Gasteiger partial charge in [0.05, 0.1) is 5.69 Å². The summed E-state index contributed by atoms with van der Waals surface area (Å²) in [7, 11) is 2.20. The molecule has 0 amide bonds. The van der Waals surface area contributed by atoms with Crippen LogP contribution in [0.5, 0.6) is 0 Å². The molecule has 3 aromatic rings. The van der Waals surface area contributed by atoms with Crippen molar-refractivity contribution in [2.24, 2.45) is 5.92 Å². The highest BCUT2D eigenvalue weighted by Gasteiger charge is 2.21. The van der Waals surface area contributed by atoms with E-state index in [1.165, 1.54) is 25.9 Å². The van der Waals surface area contributed by atoms with Crippen LogP contribution >= 0.6 is 0 Å². The minimum atomic E-state index is 0.698. The molecule has 4 rings (SSSR count). The van der Waals surface area contributed by atoms with Crippen molar-refractivity contribution in [3.8, 4) is 5.69 Å². The van der Waals surface area contributed by atoms with Gasteiger partial charge in [-0.3, -0.25) is 9.55 Å². The van der Waals surface area contributed by atoms with E-state index in [0.29, 0.717) is 5.92 Å². The van der Waals surface area contributed by atoms with Gasteiger partial charge in [-0.2, -0.15) is 0 Å². The lowest BCUT2D eigenvalue weighted by molar-refractivity contribution is 0.217. The molecular weight excluding hydrogens is 286 g/mol. The zero-order chi connectivity index (χ0) is 15.6. The zero-order valence-corrected chi connectivity index (χ0v) is 13.4. The van der Waals surface area contributed by atoms with Gasteiger partial charge in [-0.15, -0.1) is 0 Å². The largest absolute Gasteiger partial charge is 0.306 e. The predicted molar refractivity (Wildman–Crippen MR) is 90.6 cm³/mol. The molecule has 0 atom stereocenters. The van der Waals surface area contributed by atoms with Gasteiger partial charge in [0.2, 0.25) is 0 Å². The van der Waals surface area contributed by atoms with Gasteiger partial charge in [0.25, 0.3) is 0 Å². The molecule has 0 aromatic carbocycles. The molecule has 4 heterocycles. The Morgan fingerprint density at radius 2 is 1.87 bits per heavy atom. The maximum absolute atomic E-state index is 4.87. The highest BCUT2D eigenvalue weighted by Crippen LogP contribution is 2.25. The van der Waals surface area contributed by atoms with E-state index in [1.54, 1.807) is 0 Å². The first kappa shape index (κ1) is 14.3. The number of rotatable bonds is 3. The van der Waals surface area contributed by atoms with Crippen LogP contribution in [0.25, 0.3) is 16.9 Å². The SMILES string of the molecule is CN1CCC(Cc2nc3cccnc3n2-c2ccncc2)CC1. The number of aromatic nitrogens is 4. The summed E-state index contributed by atoms with van der Waals surface area (Å²) in [6.07, 6.45) is 8.97. The number of pyridine rings is 2. The van der Waals surface area contributed by atoms with Crippen molar-refractivity contribution in [1.29, 1.82) is 0 Å². The van der Waals surface area contributed by atoms with Gasteiger partial charge in [-0.05, 0) is 63.2 Å². The molecule has 0 unspecified atom stereocenters. The Morgan fingerprint density at radius 1 is 1.09 bits per heavy atom. The number of fused-ring (bicyclic) bond motifs is 1. The molecule has 1 aliphatic rings. The van der Waals surface area contributed by atoms with Crippen LogP contribution in [0.4, 0.5) is 0 Å². The minimum Gasteiger partial charge on any atom is -0.306 e. The lowest BCUT2D eigenvalue weighted by Gasteiger charge is -2.28. The molecule has 0 radical (unpaired) electrons. The van der Waals surface area contributed by atoms with Gasteiger partial charge in [0.1, 0.15) is 11.3 Å². The smallest absolute Gasteiger partial charge is 0.164 e. The molecule has 0 saturated carbocycles. The molecule has 5 heteroatoms. The van der Waals surface area contributed by atoms with Gasteiger partial charge in [-0.1, -0.05) is 0 Å². The molecule has 1 saturated heterocycles. The van der Waals surface area contributed by atoms with E-state index in [-0.39, 0.29) is 0 Å². The van der Waals surface area contributed by atoms with Crippen molar-refractivity contribution < 1.29 is 0 Å². The van der Waals surface area contributed by atoms with E-state index in [0.717, 1.165) is 29.1 Å². The Kier molecular flexibility index (Phi) is 3.79. The monoisotopic (exact) mass is 307 g/mol. The van der Waals surface area contributed by atoms with Crippen LogP contribution in [0, 0.1) is 5.92 Å². The summed E-state index contributed by atoms with van der Waals surface area (Å²) in [5, 5.41) is 0. The molecule has 0 spiro atoms. The lowest BCUT2D eigenvalue weighted by atomic mass is 9.93. The highest BCUT2D eigenvalue weighted by atomic mass is 15.1. The summed E-state index contributed by atoms with van der Waals surface area (Å²) < 4.78 is 2.19. The lowest BCUT2D eigenvalue weighted by Crippen LogP contribution is -2.31. The maximum atomic E-state index is 4.87. The number of hydrogen-bond donors (Lipinski definition) is 0. The summed E-state index contributed by atoms with van der Waals surface area (Å²) in [6, 6.07) is 8.03. The van der Waals surface area contributed by atoms with Crippen LogP contribution in [0.2, 0.25) is 0 Å². The van der Waals surface area contributed by atoms with E-state index in [1.807, 2.05) is 42.9 Å². The van der Waals surface area contributed by atoms with Crippen LogP contribution in [0.3, 0.4) is 0 Å². The Hall–Kier alpha value is -2.27. The van der Waals surface area contributed by atoms with Crippen molar-refractivity contribution in [1.82, 2.24) is 24.4 Å². The first-order valence-electron chi connectivity index (χ1n) is 8.22. The van der Waals surface area contributed by atoms with Crippen molar-refractivity contribution in [2.45, 2.75) is 19.3 Å². The fraction of sp³-hybridized carbons (Fsp3) is 0.389. The average Bonchev–Trinajstić information content (AvgIpc) is 2.95. The number of hydrogen-bond acceptors (Lipinski definition) is 4. The van der Waals surface area contributed by atoms with E-state index in [2.05, 4.69) is 26.5 Å².